The predicted molar refractivity (Wildman–Crippen MR) is 131 cm³/mol. The van der Waals surface area contributed by atoms with Gasteiger partial charge < -0.3 is 19.1 Å². The average Bonchev–Trinajstić information content (AvgIpc) is 2.84. The van der Waals surface area contributed by atoms with Gasteiger partial charge in [0.2, 0.25) is 0 Å². The predicted octanol–water partition coefficient (Wildman–Crippen LogP) is 5.02. The van der Waals surface area contributed by atoms with Gasteiger partial charge in [0.05, 0.1) is 8.07 Å². The fourth-order valence-corrected chi connectivity index (χ4v) is 10.6. The third-order valence-corrected chi connectivity index (χ3v) is 15.1. The summed E-state index contributed by atoms with van der Waals surface area (Å²) in [5.74, 6) is -0.509. The summed E-state index contributed by atoms with van der Waals surface area (Å²) in [6.45, 7) is 7.22. The fraction of sp³-hybridized carbons (Fsp3) is 0.565. The maximum atomic E-state index is 13.1. The van der Waals surface area contributed by atoms with E-state index in [-0.39, 0.29) is 31.4 Å². The van der Waals surface area contributed by atoms with Crippen molar-refractivity contribution < 1.29 is 40.1 Å². The lowest BCUT2D eigenvalue weighted by atomic mass is 10.0. The number of rotatable bonds is 9. The summed E-state index contributed by atoms with van der Waals surface area (Å²) < 4.78 is 73.1. The molecule has 0 radical (unpaired) electrons. The number of carbonyl (C=O) groups excluding carboxylic acids is 2. The van der Waals surface area contributed by atoms with E-state index >= 15 is 0 Å². The lowest BCUT2D eigenvalue weighted by molar-refractivity contribution is -0.0528. The molecule has 8 nitrogen and oxygen atoms in total. The number of carbonyl (C=O) groups is 2. The van der Waals surface area contributed by atoms with Crippen LogP contribution in [-0.4, -0.2) is 59.0 Å². The van der Waals surface area contributed by atoms with Gasteiger partial charge in [-0.1, -0.05) is 58.0 Å². The summed E-state index contributed by atoms with van der Waals surface area (Å²) in [7, 11) is -6.81. The van der Waals surface area contributed by atoms with Crippen molar-refractivity contribution in [1.29, 1.82) is 0 Å². The minimum absolute atomic E-state index is 0.0254. The second-order valence-corrected chi connectivity index (χ2v) is 16.3. The van der Waals surface area contributed by atoms with Crippen LogP contribution >= 0.6 is 0 Å². The zero-order chi connectivity index (χ0) is 27.4. The van der Waals surface area contributed by atoms with Crippen molar-refractivity contribution in [2.24, 2.45) is 0 Å². The number of nitrogens with one attached hydrogen (secondary N) is 1. The number of hydrogen-bond donors (Lipinski definition) is 1. The Bertz CT molecular complexity index is 1080. The van der Waals surface area contributed by atoms with Crippen LogP contribution in [0.1, 0.15) is 43.6 Å². The molecule has 1 atom stereocenters. The molecule has 1 aliphatic rings. The van der Waals surface area contributed by atoms with Gasteiger partial charge in [0.25, 0.3) is 5.91 Å². The van der Waals surface area contributed by atoms with Crippen LogP contribution in [0.5, 0.6) is 0 Å². The van der Waals surface area contributed by atoms with Gasteiger partial charge in [0, 0.05) is 30.7 Å². The number of nitrogens with zero attached hydrogens (tertiary/aromatic N) is 1. The third-order valence-electron chi connectivity index (χ3n) is 7.30. The monoisotopic (exact) mass is 550 g/mol. The molecule has 2 rings (SSSR count). The number of ether oxygens (including phenoxy) is 1. The second kappa shape index (κ2) is 11.2. The van der Waals surface area contributed by atoms with E-state index in [4.69, 9.17) is 8.92 Å². The lowest BCUT2D eigenvalue weighted by Gasteiger charge is -2.50. The van der Waals surface area contributed by atoms with E-state index in [9.17, 15) is 31.2 Å². The van der Waals surface area contributed by atoms with E-state index in [2.05, 4.69) is 5.32 Å². The molecule has 2 amide bonds. The van der Waals surface area contributed by atoms with Gasteiger partial charge >= 0.3 is 21.7 Å². The molecule has 0 saturated heterocycles. The summed E-state index contributed by atoms with van der Waals surface area (Å²) in [6.07, 6.45) is 0.561. The van der Waals surface area contributed by atoms with E-state index in [0.717, 1.165) is 0 Å². The maximum absolute atomic E-state index is 13.1. The number of amides is 2. The smallest absolute Gasteiger partial charge is 0.445 e. The molecule has 0 fully saturated rings. The molecule has 36 heavy (non-hydrogen) atoms. The van der Waals surface area contributed by atoms with Crippen LogP contribution in [0.15, 0.2) is 36.1 Å². The molecule has 1 heterocycles. The Balaban J connectivity index is 2.30. The van der Waals surface area contributed by atoms with Crippen LogP contribution in [-0.2, 0) is 25.6 Å². The van der Waals surface area contributed by atoms with Crippen molar-refractivity contribution in [2.75, 3.05) is 20.1 Å². The minimum Gasteiger partial charge on any atom is -0.445 e. The fourth-order valence-electron chi connectivity index (χ4n) is 4.86. The Morgan fingerprint density at radius 2 is 1.67 bits per heavy atom. The zero-order valence-electron chi connectivity index (χ0n) is 21.1. The molecule has 0 aromatic heterocycles. The Morgan fingerprint density at radius 1 is 1.11 bits per heavy atom. The Morgan fingerprint density at radius 3 is 2.14 bits per heavy atom. The standard InChI is InChI=1S/C23H33F3N2O6SSi/c1-6-36(7-2,8-3)22(4)16-28(14-13-19(22)34-35(31,32)23(24,25)26)21(30)33-15-17-9-11-18(12-10-17)20(29)27-5/h9-13H,6-8,14-16H2,1-5H3,(H,27,29). The summed E-state index contributed by atoms with van der Waals surface area (Å²) in [6, 6.07) is 8.45. The van der Waals surface area contributed by atoms with Gasteiger partial charge in [0.1, 0.15) is 12.4 Å². The molecule has 1 N–H and O–H groups in total. The Hall–Kier alpha value is -2.54. The van der Waals surface area contributed by atoms with E-state index in [1.807, 2.05) is 20.8 Å². The largest absolute Gasteiger partial charge is 0.534 e. The first-order valence-corrected chi connectivity index (χ1v) is 15.7. The first kappa shape index (κ1) is 29.7. The van der Waals surface area contributed by atoms with Gasteiger partial charge in [-0.05, 0) is 23.8 Å². The zero-order valence-corrected chi connectivity index (χ0v) is 22.9. The molecule has 1 aromatic rings. The molecular weight excluding hydrogens is 517 g/mol. The van der Waals surface area contributed by atoms with Gasteiger partial charge in [-0.15, -0.1) is 0 Å². The van der Waals surface area contributed by atoms with Crippen LogP contribution in [0, 0.1) is 0 Å². The lowest BCUT2D eigenvalue weighted by Crippen LogP contribution is -2.55. The molecule has 13 heteroatoms. The number of benzene rings is 1. The van der Waals surface area contributed by atoms with E-state index in [1.54, 1.807) is 31.2 Å². The highest BCUT2D eigenvalue weighted by molar-refractivity contribution is 7.87. The summed E-state index contributed by atoms with van der Waals surface area (Å²) >= 11 is 0. The molecule has 1 aromatic carbocycles. The van der Waals surface area contributed by atoms with Gasteiger partial charge in [0.15, 0.2) is 0 Å². The van der Waals surface area contributed by atoms with Crippen LogP contribution < -0.4 is 5.32 Å². The number of halogens is 3. The molecule has 0 spiro atoms. The topological polar surface area (TPSA) is 102 Å². The van der Waals surface area contributed by atoms with E-state index < -0.39 is 34.8 Å². The van der Waals surface area contributed by atoms with Crippen molar-refractivity contribution >= 4 is 30.2 Å². The van der Waals surface area contributed by atoms with Crippen LogP contribution in [0.25, 0.3) is 0 Å². The van der Waals surface area contributed by atoms with Crippen LogP contribution in [0.4, 0.5) is 18.0 Å². The number of alkyl halides is 3. The molecule has 1 unspecified atom stereocenters. The number of hydrogen-bond acceptors (Lipinski definition) is 6. The Labute approximate surface area is 211 Å². The van der Waals surface area contributed by atoms with Gasteiger partial charge in [-0.3, -0.25) is 4.79 Å². The summed E-state index contributed by atoms with van der Waals surface area (Å²) in [4.78, 5) is 25.9. The highest BCUT2D eigenvalue weighted by Crippen LogP contribution is 2.54. The van der Waals surface area contributed by atoms with Crippen molar-refractivity contribution in [2.45, 2.75) is 63.0 Å². The Kier molecular flexibility index (Phi) is 9.27. The first-order valence-electron chi connectivity index (χ1n) is 11.6. The highest BCUT2D eigenvalue weighted by Gasteiger charge is 2.56. The van der Waals surface area contributed by atoms with Crippen molar-refractivity contribution in [3.05, 3.63) is 47.2 Å². The molecule has 0 saturated carbocycles. The van der Waals surface area contributed by atoms with E-state index in [0.29, 0.717) is 29.3 Å². The van der Waals surface area contributed by atoms with E-state index in [1.165, 1.54) is 18.0 Å². The quantitative estimate of drug-likeness (QED) is 0.263. The molecular formula is C23H33F3N2O6SSi. The highest BCUT2D eigenvalue weighted by atomic mass is 32.2. The molecule has 0 bridgehead atoms. The molecule has 0 aliphatic carbocycles. The first-order chi connectivity index (χ1) is 16.7. The average molecular weight is 551 g/mol. The van der Waals surface area contributed by atoms with Gasteiger partial charge in [-0.25, -0.2) is 4.79 Å². The summed E-state index contributed by atoms with van der Waals surface area (Å²) in [5.41, 5.74) is -4.47. The minimum atomic E-state index is -5.86. The molecule has 1 aliphatic heterocycles. The third kappa shape index (κ3) is 5.88. The SMILES string of the molecule is CC[Si](CC)(CC)C1(C)CN(C(=O)OCc2ccc(C(=O)NC)cc2)CC=C1OS(=O)(=O)C(F)(F)F. The van der Waals surface area contributed by atoms with Crippen LogP contribution in [0.3, 0.4) is 0 Å². The van der Waals surface area contributed by atoms with Crippen molar-refractivity contribution in [3.8, 4) is 0 Å². The molecule has 202 valence electrons. The normalized spacial score (nSPS) is 18.9. The van der Waals surface area contributed by atoms with Crippen molar-refractivity contribution in [1.82, 2.24) is 10.2 Å². The second-order valence-electron chi connectivity index (χ2n) is 8.94. The maximum Gasteiger partial charge on any atom is 0.534 e. The van der Waals surface area contributed by atoms with Crippen LogP contribution in [0.2, 0.25) is 23.2 Å². The van der Waals surface area contributed by atoms with Crippen molar-refractivity contribution in [3.63, 3.8) is 0 Å². The summed E-state index contributed by atoms with van der Waals surface area (Å²) in [5, 5.41) is 1.42. The van der Waals surface area contributed by atoms with Gasteiger partial charge in [-0.2, -0.15) is 21.6 Å².